The second kappa shape index (κ2) is 11.3. The van der Waals surface area contributed by atoms with Gasteiger partial charge in [-0.05, 0) is 18.8 Å². The van der Waals surface area contributed by atoms with Crippen LogP contribution in [-0.4, -0.2) is 24.4 Å². The van der Waals surface area contributed by atoms with Gasteiger partial charge in [0, 0.05) is 13.0 Å². The van der Waals surface area contributed by atoms with E-state index in [9.17, 15) is 26.3 Å². The Balaban J connectivity index is 4.62. The lowest BCUT2D eigenvalue weighted by molar-refractivity contribution is -0.320. The van der Waals surface area contributed by atoms with Crippen molar-refractivity contribution in [3.63, 3.8) is 0 Å². The van der Waals surface area contributed by atoms with Gasteiger partial charge in [0.1, 0.15) is 0 Å². The van der Waals surface area contributed by atoms with Gasteiger partial charge in [-0.2, -0.15) is 26.3 Å². The fourth-order valence-electron chi connectivity index (χ4n) is 2.75. The van der Waals surface area contributed by atoms with Crippen LogP contribution in [-0.2, 0) is 0 Å². The molecular formula is C18H33F6N. The van der Waals surface area contributed by atoms with E-state index >= 15 is 0 Å². The molecule has 0 spiro atoms. The number of halogens is 6. The third-order valence-corrected chi connectivity index (χ3v) is 4.64. The lowest BCUT2D eigenvalue weighted by Gasteiger charge is -2.33. The molecule has 0 saturated carbocycles. The van der Waals surface area contributed by atoms with Crippen LogP contribution in [0.5, 0.6) is 0 Å². The second-order valence-electron chi connectivity index (χ2n) is 6.80. The normalized spacial score (nSPS) is 14.8. The molecule has 0 amide bonds. The third-order valence-electron chi connectivity index (χ3n) is 4.64. The van der Waals surface area contributed by atoms with Gasteiger partial charge in [-0.15, -0.1) is 0 Å². The van der Waals surface area contributed by atoms with Crippen LogP contribution in [0.15, 0.2) is 0 Å². The number of hydrogen-bond acceptors (Lipinski definition) is 1. The Morgan fingerprint density at radius 3 is 1.88 bits per heavy atom. The molecule has 0 aliphatic carbocycles. The predicted molar refractivity (Wildman–Crippen MR) is 89.5 cm³/mol. The third kappa shape index (κ3) is 7.75. The van der Waals surface area contributed by atoms with E-state index in [4.69, 9.17) is 0 Å². The molecule has 0 aliphatic rings. The van der Waals surface area contributed by atoms with Gasteiger partial charge >= 0.3 is 17.9 Å². The first-order valence-electron chi connectivity index (χ1n) is 9.44. The molecule has 1 unspecified atom stereocenters. The van der Waals surface area contributed by atoms with E-state index in [2.05, 4.69) is 0 Å². The van der Waals surface area contributed by atoms with Gasteiger partial charge in [0.15, 0.2) is 0 Å². The molecule has 0 rings (SSSR count). The quantitative estimate of drug-likeness (QED) is 0.184. The standard InChI is InChI=1S/C18H33F6N/c1-4-7-9-10-13-16(19,20)17(21,22)18(23,24)25-14-12-15(6-3)11-8-5-2/h15,25H,4-14H2,1-3H3. The lowest BCUT2D eigenvalue weighted by atomic mass is 9.95. The van der Waals surface area contributed by atoms with Crippen LogP contribution in [0.4, 0.5) is 26.3 Å². The van der Waals surface area contributed by atoms with Crippen LogP contribution in [0.3, 0.4) is 0 Å². The van der Waals surface area contributed by atoms with Crippen molar-refractivity contribution in [1.82, 2.24) is 5.32 Å². The topological polar surface area (TPSA) is 12.0 Å². The molecule has 152 valence electrons. The maximum atomic E-state index is 13.7. The highest BCUT2D eigenvalue weighted by Crippen LogP contribution is 2.46. The van der Waals surface area contributed by atoms with Gasteiger partial charge in [0.05, 0.1) is 0 Å². The van der Waals surface area contributed by atoms with Crippen molar-refractivity contribution >= 4 is 0 Å². The van der Waals surface area contributed by atoms with Crippen LogP contribution in [0.2, 0.25) is 0 Å². The van der Waals surface area contributed by atoms with E-state index in [1.54, 1.807) is 0 Å². The van der Waals surface area contributed by atoms with Crippen LogP contribution in [0.1, 0.15) is 85.0 Å². The molecule has 0 aromatic rings. The van der Waals surface area contributed by atoms with E-state index < -0.39 is 30.9 Å². The summed E-state index contributed by atoms with van der Waals surface area (Å²) in [6.07, 6.45) is 4.00. The van der Waals surface area contributed by atoms with Crippen molar-refractivity contribution in [2.75, 3.05) is 6.54 Å². The molecule has 1 N–H and O–H groups in total. The highest BCUT2D eigenvalue weighted by molar-refractivity contribution is 4.94. The SMILES string of the molecule is CCCCCCC(F)(F)C(F)(F)C(F)(F)NCCC(CC)CCCC. The smallest absolute Gasteiger partial charge is 0.253 e. The molecule has 0 radical (unpaired) electrons. The molecule has 25 heavy (non-hydrogen) atoms. The number of rotatable bonds is 15. The molecule has 0 aromatic heterocycles. The summed E-state index contributed by atoms with van der Waals surface area (Å²) in [6, 6.07) is -4.93. The minimum Gasteiger partial charge on any atom is -0.253 e. The van der Waals surface area contributed by atoms with Crippen molar-refractivity contribution in [2.45, 2.75) is 103 Å². The molecule has 7 heteroatoms. The summed E-state index contributed by atoms with van der Waals surface area (Å²) in [5.41, 5.74) is 0. The summed E-state index contributed by atoms with van der Waals surface area (Å²) in [6.45, 7) is 5.34. The molecule has 0 heterocycles. The van der Waals surface area contributed by atoms with Crippen molar-refractivity contribution in [2.24, 2.45) is 5.92 Å². The van der Waals surface area contributed by atoms with Crippen LogP contribution in [0.25, 0.3) is 0 Å². The van der Waals surface area contributed by atoms with Gasteiger partial charge < -0.3 is 0 Å². The Morgan fingerprint density at radius 1 is 0.760 bits per heavy atom. The zero-order valence-electron chi connectivity index (χ0n) is 15.6. The van der Waals surface area contributed by atoms with Crippen molar-refractivity contribution in [3.8, 4) is 0 Å². The zero-order chi connectivity index (χ0) is 19.6. The fraction of sp³-hybridized carbons (Fsp3) is 1.00. The molecule has 0 aliphatic heterocycles. The predicted octanol–water partition coefficient (Wildman–Crippen LogP) is 7.02. The monoisotopic (exact) mass is 377 g/mol. The Hall–Kier alpha value is -0.460. The highest BCUT2D eigenvalue weighted by Gasteiger charge is 2.70. The molecular weight excluding hydrogens is 344 g/mol. The number of unbranched alkanes of at least 4 members (excludes halogenated alkanes) is 4. The average molecular weight is 377 g/mol. The summed E-state index contributed by atoms with van der Waals surface area (Å²) in [7, 11) is 0. The molecule has 0 aromatic carbocycles. The Labute approximate surface area is 147 Å². The fourth-order valence-corrected chi connectivity index (χ4v) is 2.75. The van der Waals surface area contributed by atoms with Crippen LogP contribution >= 0.6 is 0 Å². The van der Waals surface area contributed by atoms with Gasteiger partial charge in [-0.25, -0.2) is 0 Å². The molecule has 0 saturated heterocycles. The van der Waals surface area contributed by atoms with Crippen molar-refractivity contribution < 1.29 is 26.3 Å². The maximum absolute atomic E-state index is 13.7. The number of alkyl halides is 6. The van der Waals surface area contributed by atoms with Gasteiger partial charge in [-0.3, -0.25) is 5.32 Å². The molecule has 1 atom stereocenters. The van der Waals surface area contributed by atoms with E-state index in [0.29, 0.717) is 12.8 Å². The minimum absolute atomic E-state index is 0.131. The first kappa shape index (κ1) is 24.5. The maximum Gasteiger partial charge on any atom is 0.386 e. The summed E-state index contributed by atoms with van der Waals surface area (Å²) >= 11 is 0. The zero-order valence-corrected chi connectivity index (χ0v) is 15.6. The van der Waals surface area contributed by atoms with E-state index in [-0.39, 0.29) is 18.8 Å². The number of hydrogen-bond donors (Lipinski definition) is 1. The van der Waals surface area contributed by atoms with E-state index in [0.717, 1.165) is 32.1 Å². The van der Waals surface area contributed by atoms with Crippen LogP contribution in [0, 0.1) is 5.92 Å². The second-order valence-corrected chi connectivity index (χ2v) is 6.80. The van der Waals surface area contributed by atoms with Crippen molar-refractivity contribution in [3.05, 3.63) is 0 Å². The summed E-state index contributed by atoms with van der Waals surface area (Å²) in [5, 5.41) is 1.38. The molecule has 0 bridgehead atoms. The molecule has 0 fully saturated rings. The molecule has 1 nitrogen and oxygen atoms in total. The van der Waals surface area contributed by atoms with E-state index in [1.165, 1.54) is 5.32 Å². The Bertz CT molecular complexity index is 346. The average Bonchev–Trinajstić information content (AvgIpc) is 2.54. The van der Waals surface area contributed by atoms with E-state index in [1.807, 2.05) is 20.8 Å². The van der Waals surface area contributed by atoms with Gasteiger partial charge in [0.25, 0.3) is 0 Å². The summed E-state index contributed by atoms with van der Waals surface area (Å²) in [4.78, 5) is 0. The largest absolute Gasteiger partial charge is 0.386 e. The van der Waals surface area contributed by atoms with Gasteiger partial charge in [0.2, 0.25) is 0 Å². The Morgan fingerprint density at radius 2 is 1.36 bits per heavy atom. The highest BCUT2D eigenvalue weighted by atomic mass is 19.3. The Kier molecular flexibility index (Phi) is 11.1. The van der Waals surface area contributed by atoms with Crippen LogP contribution < -0.4 is 5.32 Å². The number of nitrogens with one attached hydrogen (secondary N) is 1. The van der Waals surface area contributed by atoms with Gasteiger partial charge in [-0.1, -0.05) is 65.7 Å². The first-order chi connectivity index (χ1) is 11.6. The van der Waals surface area contributed by atoms with Crippen molar-refractivity contribution in [1.29, 1.82) is 0 Å². The summed E-state index contributed by atoms with van der Waals surface area (Å²) < 4.78 is 82.3. The first-order valence-corrected chi connectivity index (χ1v) is 9.44. The lowest BCUT2D eigenvalue weighted by Crippen LogP contribution is -2.61. The minimum atomic E-state index is -5.41. The summed E-state index contributed by atoms with van der Waals surface area (Å²) in [5.74, 6) is -10.0.